The molecule has 0 saturated heterocycles. The van der Waals surface area contributed by atoms with Crippen molar-refractivity contribution in [2.45, 2.75) is 18.2 Å². The lowest BCUT2D eigenvalue weighted by molar-refractivity contribution is 0.0986. The van der Waals surface area contributed by atoms with Crippen LogP contribution in [0.25, 0.3) is 10.2 Å². The lowest BCUT2D eigenvalue weighted by atomic mass is 10.2. The number of thiazole rings is 1. The van der Waals surface area contributed by atoms with Gasteiger partial charge in [-0.3, -0.25) is 9.69 Å². The van der Waals surface area contributed by atoms with Crippen molar-refractivity contribution in [3.63, 3.8) is 0 Å². The van der Waals surface area contributed by atoms with E-state index in [1.54, 1.807) is 30.9 Å². The average Bonchev–Trinajstić information content (AvgIpc) is 3.21. The molecule has 0 bridgehead atoms. The number of hydrogen-bond donors (Lipinski definition) is 0. The summed E-state index contributed by atoms with van der Waals surface area (Å²) < 4.78 is 11.9. The van der Waals surface area contributed by atoms with Crippen molar-refractivity contribution in [3.05, 3.63) is 42.0 Å². The van der Waals surface area contributed by atoms with Crippen molar-refractivity contribution in [1.29, 1.82) is 0 Å². The number of carbonyl (C=O) groups is 1. The van der Waals surface area contributed by atoms with Crippen molar-refractivity contribution in [2.24, 2.45) is 0 Å². The van der Waals surface area contributed by atoms with Gasteiger partial charge in [-0.1, -0.05) is 18.3 Å². The van der Waals surface area contributed by atoms with Crippen molar-refractivity contribution in [2.75, 3.05) is 52.1 Å². The lowest BCUT2D eigenvalue weighted by Gasteiger charge is -2.21. The molecule has 2 aromatic carbocycles. The Kier molecular flexibility index (Phi) is 8.17. The lowest BCUT2D eigenvalue weighted by Crippen LogP contribution is -2.33. The highest BCUT2D eigenvalue weighted by Gasteiger charge is 2.23. The van der Waals surface area contributed by atoms with Crippen LogP contribution >= 0.6 is 23.1 Å². The molecule has 0 aliphatic heterocycles. The van der Waals surface area contributed by atoms with Crippen LogP contribution in [0, 0.1) is 0 Å². The maximum atomic E-state index is 13.5. The van der Waals surface area contributed by atoms with Crippen LogP contribution in [0.2, 0.25) is 0 Å². The molecule has 0 atom stereocenters. The second kappa shape index (κ2) is 10.8. The number of methoxy groups -OCH3 is 2. The van der Waals surface area contributed by atoms with Crippen LogP contribution < -0.4 is 14.4 Å². The average molecular weight is 460 g/mol. The Hall–Kier alpha value is -2.29. The summed E-state index contributed by atoms with van der Waals surface area (Å²) in [6.07, 6.45) is 0.840. The largest absolute Gasteiger partial charge is 0.495 e. The molecule has 3 rings (SSSR count). The van der Waals surface area contributed by atoms with Gasteiger partial charge in [0.2, 0.25) is 0 Å². The molecule has 0 unspecified atom stereocenters. The topological polar surface area (TPSA) is 54.9 Å². The van der Waals surface area contributed by atoms with E-state index in [9.17, 15) is 4.79 Å². The van der Waals surface area contributed by atoms with E-state index >= 15 is 0 Å². The van der Waals surface area contributed by atoms with E-state index in [0.717, 1.165) is 34.1 Å². The number of rotatable bonds is 10. The first-order chi connectivity index (χ1) is 15.0. The van der Waals surface area contributed by atoms with Crippen molar-refractivity contribution < 1.29 is 14.3 Å². The standard InChI is InChI=1S/C23H29N3O3S2/c1-6-30-17-10-8-16(9-11-17)22(27)26(15-7-14-25(2)3)23-24-20-18(28-4)12-13-19(29-5)21(20)31-23/h8-13H,6-7,14-15H2,1-5H3. The fraction of sp³-hybridized carbons (Fsp3) is 0.391. The molecule has 0 saturated carbocycles. The fourth-order valence-corrected chi connectivity index (χ4v) is 5.00. The molecule has 0 aliphatic rings. The van der Waals surface area contributed by atoms with E-state index < -0.39 is 0 Å². The molecule has 3 aromatic rings. The van der Waals surface area contributed by atoms with Gasteiger partial charge < -0.3 is 14.4 Å². The highest BCUT2D eigenvalue weighted by Crippen LogP contribution is 2.40. The van der Waals surface area contributed by atoms with Gasteiger partial charge in [0.1, 0.15) is 21.7 Å². The molecular weight excluding hydrogens is 430 g/mol. The van der Waals surface area contributed by atoms with Gasteiger partial charge in [-0.05, 0) is 69.2 Å². The summed E-state index contributed by atoms with van der Waals surface area (Å²) in [7, 11) is 7.32. The second-order valence-corrected chi connectivity index (χ2v) is 9.53. The molecule has 166 valence electrons. The van der Waals surface area contributed by atoms with Crippen molar-refractivity contribution in [1.82, 2.24) is 9.88 Å². The molecule has 0 aliphatic carbocycles. The zero-order valence-electron chi connectivity index (χ0n) is 18.7. The Morgan fingerprint density at radius 1 is 1.03 bits per heavy atom. The highest BCUT2D eigenvalue weighted by molar-refractivity contribution is 7.99. The predicted octanol–water partition coefficient (Wildman–Crippen LogP) is 5.02. The van der Waals surface area contributed by atoms with E-state index in [-0.39, 0.29) is 5.91 Å². The first kappa shape index (κ1) is 23.4. The third-order valence-corrected chi connectivity index (χ3v) is 6.76. The third-order valence-electron chi connectivity index (χ3n) is 4.77. The maximum Gasteiger partial charge on any atom is 0.260 e. The van der Waals surface area contributed by atoms with Gasteiger partial charge in [0, 0.05) is 17.0 Å². The number of hydrogen-bond acceptors (Lipinski definition) is 7. The summed E-state index contributed by atoms with van der Waals surface area (Å²) in [5, 5.41) is 0.647. The number of ether oxygens (including phenoxy) is 2. The first-order valence-electron chi connectivity index (χ1n) is 10.2. The van der Waals surface area contributed by atoms with E-state index in [0.29, 0.717) is 28.5 Å². The fourth-order valence-electron chi connectivity index (χ4n) is 3.24. The molecule has 0 fully saturated rings. The molecule has 6 nitrogen and oxygen atoms in total. The number of amides is 1. The SMILES string of the molecule is CCSc1ccc(C(=O)N(CCCN(C)C)c2nc3c(OC)ccc(OC)c3s2)cc1. The Morgan fingerprint density at radius 3 is 2.32 bits per heavy atom. The molecule has 0 radical (unpaired) electrons. The number of anilines is 1. The van der Waals surface area contributed by atoms with Crippen LogP contribution in [0.1, 0.15) is 23.7 Å². The monoisotopic (exact) mass is 459 g/mol. The minimum atomic E-state index is -0.0520. The minimum Gasteiger partial charge on any atom is -0.495 e. The summed E-state index contributed by atoms with van der Waals surface area (Å²) >= 11 is 3.21. The Bertz CT molecular complexity index is 978. The number of benzene rings is 2. The molecule has 31 heavy (non-hydrogen) atoms. The quantitative estimate of drug-likeness (QED) is 0.397. The summed E-state index contributed by atoms with van der Waals surface area (Å²) in [5.74, 6) is 2.34. The number of carbonyl (C=O) groups excluding carboxylic acids is 1. The zero-order valence-corrected chi connectivity index (χ0v) is 20.3. The van der Waals surface area contributed by atoms with Gasteiger partial charge in [-0.15, -0.1) is 11.8 Å². The van der Waals surface area contributed by atoms with Gasteiger partial charge in [0.05, 0.1) is 14.2 Å². The van der Waals surface area contributed by atoms with Gasteiger partial charge >= 0.3 is 0 Å². The molecule has 0 spiro atoms. The van der Waals surface area contributed by atoms with Crippen LogP contribution in [0.3, 0.4) is 0 Å². The molecular formula is C23H29N3O3S2. The van der Waals surface area contributed by atoms with Crippen LogP contribution in [-0.2, 0) is 0 Å². The molecule has 0 N–H and O–H groups in total. The van der Waals surface area contributed by atoms with Crippen LogP contribution in [0.15, 0.2) is 41.3 Å². The summed E-state index contributed by atoms with van der Waals surface area (Å²) in [4.78, 5) is 23.3. The van der Waals surface area contributed by atoms with E-state index in [1.807, 2.05) is 50.5 Å². The van der Waals surface area contributed by atoms with Crippen molar-refractivity contribution >= 4 is 44.4 Å². The van der Waals surface area contributed by atoms with Gasteiger partial charge in [-0.25, -0.2) is 4.98 Å². The Morgan fingerprint density at radius 2 is 1.71 bits per heavy atom. The summed E-state index contributed by atoms with van der Waals surface area (Å²) in [5.41, 5.74) is 1.37. The number of aromatic nitrogens is 1. The van der Waals surface area contributed by atoms with Crippen molar-refractivity contribution in [3.8, 4) is 11.5 Å². The number of nitrogens with zero attached hydrogens (tertiary/aromatic N) is 3. The predicted molar refractivity (Wildman–Crippen MR) is 130 cm³/mol. The van der Waals surface area contributed by atoms with Gasteiger partial charge in [-0.2, -0.15) is 0 Å². The van der Waals surface area contributed by atoms with Crippen LogP contribution in [0.4, 0.5) is 5.13 Å². The first-order valence-corrected chi connectivity index (χ1v) is 12.0. The van der Waals surface area contributed by atoms with Crippen LogP contribution in [-0.4, -0.2) is 62.9 Å². The maximum absolute atomic E-state index is 13.5. The van der Waals surface area contributed by atoms with E-state index in [1.165, 1.54) is 11.3 Å². The smallest absolute Gasteiger partial charge is 0.260 e. The van der Waals surface area contributed by atoms with E-state index in [2.05, 4.69) is 11.8 Å². The van der Waals surface area contributed by atoms with Gasteiger partial charge in [0.25, 0.3) is 5.91 Å². The third kappa shape index (κ3) is 5.50. The molecule has 1 heterocycles. The van der Waals surface area contributed by atoms with Gasteiger partial charge in [0.15, 0.2) is 5.13 Å². The zero-order chi connectivity index (χ0) is 22.4. The highest BCUT2D eigenvalue weighted by atomic mass is 32.2. The molecule has 1 amide bonds. The molecule has 8 heteroatoms. The second-order valence-electron chi connectivity index (χ2n) is 7.22. The Labute approximate surface area is 192 Å². The molecule has 1 aromatic heterocycles. The summed E-state index contributed by atoms with van der Waals surface area (Å²) in [6.45, 7) is 3.58. The minimum absolute atomic E-state index is 0.0520. The Balaban J connectivity index is 1.99. The van der Waals surface area contributed by atoms with Crippen LogP contribution in [0.5, 0.6) is 11.5 Å². The van der Waals surface area contributed by atoms with E-state index in [4.69, 9.17) is 14.5 Å². The number of thioether (sulfide) groups is 1. The normalized spacial score (nSPS) is 11.2. The number of fused-ring (bicyclic) bond motifs is 1. The summed E-state index contributed by atoms with van der Waals surface area (Å²) in [6, 6.07) is 11.5.